The number of aryl methyl sites for hydroxylation is 1. The number of morpholine rings is 1. The monoisotopic (exact) mass is 301 g/mol. The third-order valence-corrected chi connectivity index (χ3v) is 3.78. The number of benzene rings is 1. The summed E-state index contributed by atoms with van der Waals surface area (Å²) in [6.45, 7) is 3.95. The van der Waals surface area contributed by atoms with Gasteiger partial charge < -0.3 is 19.5 Å². The average Bonchev–Trinajstić information content (AvgIpc) is 2.99. The number of nitrogens with zero attached hydrogens (tertiary/aromatic N) is 2. The molecule has 1 aliphatic rings. The van der Waals surface area contributed by atoms with Crippen LogP contribution in [0.1, 0.15) is 22.9 Å². The quantitative estimate of drug-likeness (QED) is 0.944. The lowest BCUT2D eigenvalue weighted by molar-refractivity contribution is -0.0154. The summed E-state index contributed by atoms with van der Waals surface area (Å²) < 4.78 is 10.6. The topological polar surface area (TPSA) is 67.6 Å². The van der Waals surface area contributed by atoms with E-state index >= 15 is 0 Å². The van der Waals surface area contributed by atoms with Gasteiger partial charge in [-0.1, -0.05) is 35.5 Å². The summed E-state index contributed by atoms with van der Waals surface area (Å²) in [5, 5.41) is 6.74. The molecule has 1 aromatic heterocycles. The maximum atomic E-state index is 12.3. The van der Waals surface area contributed by atoms with Crippen molar-refractivity contribution in [3.63, 3.8) is 0 Å². The highest BCUT2D eigenvalue weighted by Gasteiger charge is 2.25. The van der Waals surface area contributed by atoms with Crippen LogP contribution in [0.2, 0.25) is 0 Å². The molecule has 1 atom stereocenters. The van der Waals surface area contributed by atoms with Crippen LogP contribution in [0, 0.1) is 6.92 Å². The van der Waals surface area contributed by atoms with Gasteiger partial charge in [0, 0.05) is 12.1 Å². The smallest absolute Gasteiger partial charge is 0.317 e. The molecular formula is C16H19N3O3. The number of urea groups is 1. The third kappa shape index (κ3) is 3.28. The summed E-state index contributed by atoms with van der Waals surface area (Å²) in [7, 11) is 0. The first-order valence-electron chi connectivity index (χ1n) is 7.33. The molecule has 116 valence electrons. The maximum Gasteiger partial charge on any atom is 0.317 e. The Morgan fingerprint density at radius 1 is 1.41 bits per heavy atom. The van der Waals surface area contributed by atoms with Crippen LogP contribution in [0.3, 0.4) is 0 Å². The van der Waals surface area contributed by atoms with Crippen molar-refractivity contribution in [1.29, 1.82) is 0 Å². The van der Waals surface area contributed by atoms with Gasteiger partial charge in [-0.05, 0) is 12.5 Å². The van der Waals surface area contributed by atoms with Crippen molar-refractivity contribution in [2.45, 2.75) is 19.6 Å². The molecule has 1 aliphatic heterocycles. The van der Waals surface area contributed by atoms with Crippen LogP contribution in [0.5, 0.6) is 0 Å². The molecule has 0 spiro atoms. The Morgan fingerprint density at radius 2 is 2.23 bits per heavy atom. The lowest BCUT2D eigenvalue weighted by Crippen LogP contribution is -2.47. The van der Waals surface area contributed by atoms with Gasteiger partial charge in [0.2, 0.25) is 0 Å². The maximum absolute atomic E-state index is 12.3. The predicted molar refractivity (Wildman–Crippen MR) is 80.2 cm³/mol. The van der Waals surface area contributed by atoms with Gasteiger partial charge in [-0.15, -0.1) is 0 Å². The van der Waals surface area contributed by atoms with Crippen LogP contribution in [-0.4, -0.2) is 35.8 Å². The minimum atomic E-state index is -0.105. The highest BCUT2D eigenvalue weighted by atomic mass is 16.5. The normalized spacial score (nSPS) is 18.2. The first-order valence-corrected chi connectivity index (χ1v) is 7.33. The van der Waals surface area contributed by atoms with Crippen molar-refractivity contribution in [1.82, 2.24) is 15.4 Å². The van der Waals surface area contributed by atoms with E-state index < -0.39 is 0 Å². The summed E-state index contributed by atoms with van der Waals surface area (Å²) >= 11 is 0. The molecule has 2 amide bonds. The molecule has 1 aromatic carbocycles. The minimum absolute atomic E-state index is 0.0745. The minimum Gasteiger partial charge on any atom is -0.370 e. The number of aromatic nitrogens is 1. The second-order valence-electron chi connectivity index (χ2n) is 5.32. The van der Waals surface area contributed by atoms with Crippen molar-refractivity contribution in [3.05, 3.63) is 53.4 Å². The fourth-order valence-corrected chi connectivity index (χ4v) is 2.45. The Morgan fingerprint density at radius 3 is 2.95 bits per heavy atom. The van der Waals surface area contributed by atoms with Crippen LogP contribution in [-0.2, 0) is 11.3 Å². The number of hydrogen-bond donors (Lipinski definition) is 1. The van der Waals surface area contributed by atoms with Gasteiger partial charge in [-0.3, -0.25) is 0 Å². The molecule has 6 heteroatoms. The Hall–Kier alpha value is -2.34. The molecule has 0 radical (unpaired) electrons. The van der Waals surface area contributed by atoms with Crippen LogP contribution in [0.15, 0.2) is 41.1 Å². The van der Waals surface area contributed by atoms with E-state index in [0.717, 1.165) is 16.8 Å². The number of nitrogens with one attached hydrogen (secondary N) is 1. The summed E-state index contributed by atoms with van der Waals surface area (Å²) in [4.78, 5) is 14.1. The zero-order chi connectivity index (χ0) is 15.4. The lowest BCUT2D eigenvalue weighted by Gasteiger charge is -2.33. The molecule has 0 bridgehead atoms. The fourth-order valence-electron chi connectivity index (χ4n) is 2.45. The molecule has 3 rings (SSSR count). The number of rotatable bonds is 3. The highest BCUT2D eigenvalue weighted by molar-refractivity contribution is 5.74. The van der Waals surface area contributed by atoms with Crippen LogP contribution < -0.4 is 5.32 Å². The lowest BCUT2D eigenvalue weighted by atomic mass is 10.1. The standard InChI is InChI=1S/C16H19N3O3/c1-12-11-22-18-14(12)9-17-16(20)19-7-8-21-15(10-19)13-5-3-2-4-6-13/h2-6,11,15H,7-10H2,1H3,(H,17,20). The van der Waals surface area contributed by atoms with Crippen molar-refractivity contribution < 1.29 is 14.1 Å². The molecule has 22 heavy (non-hydrogen) atoms. The van der Waals surface area contributed by atoms with Crippen LogP contribution >= 0.6 is 0 Å². The van der Waals surface area contributed by atoms with E-state index in [-0.39, 0.29) is 12.1 Å². The molecule has 2 aromatic rings. The van der Waals surface area contributed by atoms with E-state index in [1.54, 1.807) is 11.2 Å². The molecule has 0 aliphatic carbocycles. The van der Waals surface area contributed by atoms with E-state index in [1.807, 2.05) is 37.3 Å². The number of hydrogen-bond acceptors (Lipinski definition) is 4. The van der Waals surface area contributed by atoms with Crippen molar-refractivity contribution in [2.75, 3.05) is 19.7 Å². The summed E-state index contributed by atoms with van der Waals surface area (Å²) in [6, 6.07) is 9.86. The van der Waals surface area contributed by atoms with Crippen LogP contribution in [0.25, 0.3) is 0 Å². The Labute approximate surface area is 129 Å². The number of carbonyl (C=O) groups is 1. The van der Waals surface area contributed by atoms with Crippen molar-refractivity contribution >= 4 is 6.03 Å². The van der Waals surface area contributed by atoms with Crippen LogP contribution in [0.4, 0.5) is 4.79 Å². The summed E-state index contributed by atoms with van der Waals surface area (Å²) in [5.41, 5.74) is 2.78. The molecular weight excluding hydrogens is 282 g/mol. The van der Waals surface area contributed by atoms with Crippen molar-refractivity contribution in [3.8, 4) is 0 Å². The molecule has 1 saturated heterocycles. The zero-order valence-corrected chi connectivity index (χ0v) is 12.5. The first kappa shape index (κ1) is 14.6. The zero-order valence-electron chi connectivity index (χ0n) is 12.5. The number of carbonyl (C=O) groups excluding carboxylic acids is 1. The SMILES string of the molecule is Cc1conc1CNC(=O)N1CCOC(c2ccccc2)C1. The van der Waals surface area contributed by atoms with Gasteiger partial charge in [0.15, 0.2) is 0 Å². The largest absolute Gasteiger partial charge is 0.370 e. The molecule has 2 heterocycles. The molecule has 1 N–H and O–H groups in total. The average molecular weight is 301 g/mol. The Bertz CT molecular complexity index is 627. The number of ether oxygens (including phenoxy) is 1. The molecule has 0 saturated carbocycles. The highest BCUT2D eigenvalue weighted by Crippen LogP contribution is 2.21. The molecule has 1 unspecified atom stereocenters. The summed E-state index contributed by atoms with van der Waals surface area (Å²) in [6.07, 6.45) is 1.50. The van der Waals surface area contributed by atoms with Gasteiger partial charge in [0.1, 0.15) is 18.1 Å². The van der Waals surface area contributed by atoms with Gasteiger partial charge in [-0.25, -0.2) is 4.79 Å². The second kappa shape index (κ2) is 6.62. The molecule has 6 nitrogen and oxygen atoms in total. The Kier molecular flexibility index (Phi) is 4.39. The fraction of sp³-hybridized carbons (Fsp3) is 0.375. The summed E-state index contributed by atoms with van der Waals surface area (Å²) in [5.74, 6) is 0. The van der Waals surface area contributed by atoms with Gasteiger partial charge in [0.25, 0.3) is 0 Å². The van der Waals surface area contributed by atoms with Crippen molar-refractivity contribution in [2.24, 2.45) is 0 Å². The predicted octanol–water partition coefficient (Wildman–Crippen LogP) is 2.27. The van der Waals surface area contributed by atoms with Gasteiger partial charge >= 0.3 is 6.03 Å². The third-order valence-electron chi connectivity index (χ3n) is 3.78. The van der Waals surface area contributed by atoms with Gasteiger partial charge in [0.05, 0.1) is 19.7 Å². The first-order chi connectivity index (χ1) is 10.7. The van der Waals surface area contributed by atoms with Gasteiger partial charge in [-0.2, -0.15) is 0 Å². The molecule has 1 fully saturated rings. The van der Waals surface area contributed by atoms with E-state index in [1.165, 1.54) is 0 Å². The van der Waals surface area contributed by atoms with E-state index in [9.17, 15) is 4.79 Å². The van der Waals surface area contributed by atoms with E-state index in [4.69, 9.17) is 9.26 Å². The van der Waals surface area contributed by atoms with E-state index in [0.29, 0.717) is 26.2 Å². The van der Waals surface area contributed by atoms with E-state index in [2.05, 4.69) is 10.5 Å². The Balaban J connectivity index is 1.57. The second-order valence-corrected chi connectivity index (χ2v) is 5.32. The number of amides is 2.